The molecular weight excluding hydrogens is 384 g/mol. The van der Waals surface area contributed by atoms with Gasteiger partial charge < -0.3 is 19.9 Å². The van der Waals surface area contributed by atoms with Crippen LogP contribution in [-0.4, -0.2) is 58.0 Å². The van der Waals surface area contributed by atoms with Crippen molar-refractivity contribution in [3.8, 4) is 0 Å². The van der Waals surface area contributed by atoms with Crippen LogP contribution >= 0.6 is 0 Å². The number of rotatable bonds is 14. The smallest absolute Gasteiger partial charge is 0.337 e. The van der Waals surface area contributed by atoms with Gasteiger partial charge in [-0.2, -0.15) is 0 Å². The standard InChI is InChI=1S/C19H32N2O6S/c1-14(2)26-11-5-9-20-18-8-7-16(13-17(18)19(22)23)28(24,25)21-10-6-12-27-15(3)4/h7-8,13-15,20-21H,5-6,9-12H2,1-4H3,(H,22,23). The number of carboxylic acids is 1. The maximum Gasteiger partial charge on any atom is 0.337 e. The second-order valence-corrected chi connectivity index (χ2v) is 8.65. The largest absolute Gasteiger partial charge is 0.478 e. The van der Waals surface area contributed by atoms with E-state index in [1.54, 1.807) is 0 Å². The molecule has 8 nitrogen and oxygen atoms in total. The Balaban J connectivity index is 2.70. The Labute approximate surface area is 167 Å². The predicted molar refractivity (Wildman–Crippen MR) is 108 cm³/mol. The van der Waals surface area contributed by atoms with Gasteiger partial charge in [0.05, 0.1) is 22.7 Å². The van der Waals surface area contributed by atoms with E-state index >= 15 is 0 Å². The first-order chi connectivity index (χ1) is 13.1. The third-order valence-electron chi connectivity index (χ3n) is 3.68. The fourth-order valence-corrected chi connectivity index (χ4v) is 3.42. The van der Waals surface area contributed by atoms with Gasteiger partial charge in [0, 0.05) is 32.0 Å². The molecule has 0 aliphatic rings. The topological polar surface area (TPSA) is 114 Å². The summed E-state index contributed by atoms with van der Waals surface area (Å²) >= 11 is 0. The van der Waals surface area contributed by atoms with Crippen LogP contribution in [0, 0.1) is 0 Å². The summed E-state index contributed by atoms with van der Waals surface area (Å²) < 4.78 is 38.1. The summed E-state index contributed by atoms with van der Waals surface area (Å²) in [6.45, 7) is 9.45. The Kier molecular flexibility index (Phi) is 10.4. The summed E-state index contributed by atoms with van der Waals surface area (Å²) in [6, 6.07) is 4.04. The van der Waals surface area contributed by atoms with Gasteiger partial charge in [-0.15, -0.1) is 0 Å². The first-order valence-electron chi connectivity index (χ1n) is 9.47. The number of carbonyl (C=O) groups is 1. The lowest BCUT2D eigenvalue weighted by Crippen LogP contribution is -2.26. The molecule has 0 heterocycles. The molecule has 0 amide bonds. The molecule has 0 atom stereocenters. The van der Waals surface area contributed by atoms with E-state index in [0.717, 1.165) is 0 Å². The van der Waals surface area contributed by atoms with E-state index in [9.17, 15) is 18.3 Å². The number of nitrogens with one attached hydrogen (secondary N) is 2. The van der Waals surface area contributed by atoms with Crippen molar-refractivity contribution >= 4 is 21.7 Å². The molecule has 1 aromatic carbocycles. The van der Waals surface area contributed by atoms with Crippen LogP contribution in [0.25, 0.3) is 0 Å². The molecule has 3 N–H and O–H groups in total. The summed E-state index contributed by atoms with van der Waals surface area (Å²) in [7, 11) is -3.79. The highest BCUT2D eigenvalue weighted by molar-refractivity contribution is 7.89. The number of hydrogen-bond acceptors (Lipinski definition) is 6. The van der Waals surface area contributed by atoms with Crippen LogP contribution in [0.2, 0.25) is 0 Å². The van der Waals surface area contributed by atoms with Gasteiger partial charge in [0.15, 0.2) is 0 Å². The van der Waals surface area contributed by atoms with Crippen molar-refractivity contribution < 1.29 is 27.8 Å². The Hall–Kier alpha value is -1.68. The van der Waals surface area contributed by atoms with Gasteiger partial charge in [-0.3, -0.25) is 0 Å². The predicted octanol–water partition coefficient (Wildman–Crippen LogP) is 2.71. The molecule has 160 valence electrons. The maximum absolute atomic E-state index is 12.4. The first-order valence-corrected chi connectivity index (χ1v) is 11.0. The average Bonchev–Trinajstić information content (AvgIpc) is 2.60. The van der Waals surface area contributed by atoms with Gasteiger partial charge in [0.25, 0.3) is 0 Å². The SMILES string of the molecule is CC(C)OCCCNc1ccc(S(=O)(=O)NCCCOC(C)C)cc1C(=O)O. The zero-order chi connectivity index (χ0) is 21.2. The van der Waals surface area contributed by atoms with Gasteiger partial charge >= 0.3 is 5.97 Å². The minimum Gasteiger partial charge on any atom is -0.478 e. The molecule has 0 aliphatic carbocycles. The number of sulfonamides is 1. The lowest BCUT2D eigenvalue weighted by molar-refractivity contribution is 0.0697. The molecule has 0 radical (unpaired) electrons. The van der Waals surface area contributed by atoms with Gasteiger partial charge in [0.1, 0.15) is 0 Å². The minimum absolute atomic E-state index is 0.0802. The van der Waals surface area contributed by atoms with E-state index in [0.29, 0.717) is 38.3 Å². The third kappa shape index (κ3) is 9.01. The quantitative estimate of drug-likeness (QED) is 0.400. The molecule has 0 saturated heterocycles. The van der Waals surface area contributed by atoms with Crippen molar-refractivity contribution in [3.05, 3.63) is 23.8 Å². The summed E-state index contributed by atoms with van der Waals surface area (Å²) in [5.41, 5.74) is 0.289. The van der Waals surface area contributed by atoms with E-state index < -0.39 is 16.0 Å². The summed E-state index contributed by atoms with van der Waals surface area (Å²) in [4.78, 5) is 11.5. The number of anilines is 1. The molecule has 9 heteroatoms. The molecule has 0 bridgehead atoms. The highest BCUT2D eigenvalue weighted by atomic mass is 32.2. The normalized spacial score (nSPS) is 11.9. The molecular formula is C19H32N2O6S. The van der Waals surface area contributed by atoms with Crippen LogP contribution in [-0.2, 0) is 19.5 Å². The van der Waals surface area contributed by atoms with Crippen molar-refractivity contribution in [3.63, 3.8) is 0 Å². The number of aromatic carboxylic acids is 1. The lowest BCUT2D eigenvalue weighted by atomic mass is 10.2. The van der Waals surface area contributed by atoms with Crippen molar-refractivity contribution in [1.82, 2.24) is 4.72 Å². The molecule has 0 spiro atoms. The van der Waals surface area contributed by atoms with Crippen molar-refractivity contribution in [2.75, 3.05) is 31.6 Å². The molecule has 1 aromatic rings. The second kappa shape index (κ2) is 12.0. The fraction of sp³-hybridized carbons (Fsp3) is 0.632. The van der Waals surface area contributed by atoms with Crippen LogP contribution < -0.4 is 10.0 Å². The zero-order valence-corrected chi connectivity index (χ0v) is 17.8. The molecule has 0 aromatic heterocycles. The Morgan fingerprint density at radius 2 is 1.61 bits per heavy atom. The average molecular weight is 417 g/mol. The van der Waals surface area contributed by atoms with Crippen LogP contribution in [0.4, 0.5) is 5.69 Å². The van der Waals surface area contributed by atoms with Crippen LogP contribution in [0.15, 0.2) is 23.1 Å². The van der Waals surface area contributed by atoms with Gasteiger partial charge in [-0.05, 0) is 58.7 Å². The Morgan fingerprint density at radius 3 is 2.14 bits per heavy atom. The van der Waals surface area contributed by atoms with Gasteiger partial charge in [0.2, 0.25) is 10.0 Å². The van der Waals surface area contributed by atoms with E-state index in [1.807, 2.05) is 27.7 Å². The van der Waals surface area contributed by atoms with Crippen molar-refractivity contribution in [2.45, 2.75) is 57.6 Å². The number of ether oxygens (including phenoxy) is 2. The number of carboxylic acid groups (broad SMARTS) is 1. The van der Waals surface area contributed by atoms with E-state index in [1.165, 1.54) is 18.2 Å². The number of hydrogen-bond donors (Lipinski definition) is 3. The van der Waals surface area contributed by atoms with E-state index in [2.05, 4.69) is 10.0 Å². The molecule has 0 aliphatic heterocycles. The van der Waals surface area contributed by atoms with E-state index in [4.69, 9.17) is 9.47 Å². The molecule has 0 saturated carbocycles. The van der Waals surface area contributed by atoms with Crippen molar-refractivity contribution in [2.24, 2.45) is 0 Å². The van der Waals surface area contributed by atoms with Crippen LogP contribution in [0.5, 0.6) is 0 Å². The zero-order valence-electron chi connectivity index (χ0n) is 17.0. The van der Waals surface area contributed by atoms with Crippen LogP contribution in [0.1, 0.15) is 50.9 Å². The van der Waals surface area contributed by atoms with E-state index in [-0.39, 0.29) is 29.2 Å². The molecule has 0 unspecified atom stereocenters. The third-order valence-corrected chi connectivity index (χ3v) is 5.14. The lowest BCUT2D eigenvalue weighted by Gasteiger charge is -2.13. The minimum atomic E-state index is -3.79. The number of benzene rings is 1. The molecule has 1 rings (SSSR count). The Morgan fingerprint density at radius 1 is 1.04 bits per heavy atom. The summed E-state index contributed by atoms with van der Waals surface area (Å²) in [5, 5.41) is 12.5. The highest BCUT2D eigenvalue weighted by Crippen LogP contribution is 2.21. The van der Waals surface area contributed by atoms with Crippen molar-refractivity contribution in [1.29, 1.82) is 0 Å². The molecule has 0 fully saturated rings. The van der Waals surface area contributed by atoms with Crippen LogP contribution in [0.3, 0.4) is 0 Å². The summed E-state index contributed by atoms with van der Waals surface area (Å²) in [5.74, 6) is -1.19. The molecule has 28 heavy (non-hydrogen) atoms. The summed E-state index contributed by atoms with van der Waals surface area (Å²) in [6.07, 6.45) is 1.47. The second-order valence-electron chi connectivity index (χ2n) is 6.88. The monoisotopic (exact) mass is 416 g/mol. The van der Waals surface area contributed by atoms with Gasteiger partial charge in [-0.1, -0.05) is 0 Å². The van der Waals surface area contributed by atoms with Gasteiger partial charge in [-0.25, -0.2) is 17.9 Å². The maximum atomic E-state index is 12.4. The Bertz CT molecular complexity index is 719. The first kappa shape index (κ1) is 24.4. The highest BCUT2D eigenvalue weighted by Gasteiger charge is 2.18. The fourth-order valence-electron chi connectivity index (χ4n) is 2.32.